The van der Waals surface area contributed by atoms with Crippen molar-refractivity contribution in [2.45, 2.75) is 12.8 Å². The molecule has 0 saturated heterocycles. The summed E-state index contributed by atoms with van der Waals surface area (Å²) in [5.74, 6) is -0.828. The van der Waals surface area contributed by atoms with Crippen molar-refractivity contribution in [1.82, 2.24) is 15.1 Å². The molecule has 3 rings (SSSR count). The van der Waals surface area contributed by atoms with E-state index in [2.05, 4.69) is 22.5 Å². The number of nitrogens with zero attached hydrogens (tertiary/aromatic N) is 2. The second-order valence-electron chi connectivity index (χ2n) is 6.01. The third kappa shape index (κ3) is 5.54. The zero-order chi connectivity index (χ0) is 18.9. The normalized spacial score (nSPS) is 10.4. The van der Waals surface area contributed by atoms with Crippen molar-refractivity contribution in [3.8, 4) is 5.69 Å². The molecule has 1 heterocycles. The number of amides is 1. The van der Waals surface area contributed by atoms with Crippen molar-refractivity contribution in [3.63, 3.8) is 0 Å². The molecule has 0 radical (unpaired) electrons. The minimum atomic E-state index is -0.526. The highest BCUT2D eigenvalue weighted by Gasteiger charge is 2.10. The first-order valence-corrected chi connectivity index (χ1v) is 8.80. The monoisotopic (exact) mass is 363 g/mol. The number of hydrogen-bond acceptors (Lipinski definition) is 4. The molecule has 0 spiro atoms. The Labute approximate surface area is 157 Å². The quantitative estimate of drug-likeness (QED) is 0.493. The lowest BCUT2D eigenvalue weighted by molar-refractivity contribution is -0.124. The fourth-order valence-corrected chi connectivity index (χ4v) is 2.60. The molecule has 0 saturated carbocycles. The van der Waals surface area contributed by atoms with E-state index in [9.17, 15) is 9.59 Å². The van der Waals surface area contributed by atoms with Gasteiger partial charge in [-0.05, 0) is 48.7 Å². The summed E-state index contributed by atoms with van der Waals surface area (Å²) in [6.07, 6.45) is 5.22. The second-order valence-corrected chi connectivity index (χ2v) is 6.01. The van der Waals surface area contributed by atoms with E-state index in [4.69, 9.17) is 4.74 Å². The molecule has 0 bridgehead atoms. The summed E-state index contributed by atoms with van der Waals surface area (Å²) in [6, 6.07) is 18.7. The minimum Gasteiger partial charge on any atom is -0.452 e. The third-order valence-electron chi connectivity index (χ3n) is 4.01. The van der Waals surface area contributed by atoms with Gasteiger partial charge in [0.2, 0.25) is 0 Å². The number of carbonyl (C=O) groups is 2. The molecule has 138 valence electrons. The van der Waals surface area contributed by atoms with Crippen molar-refractivity contribution in [1.29, 1.82) is 0 Å². The van der Waals surface area contributed by atoms with Crippen LogP contribution < -0.4 is 5.32 Å². The van der Waals surface area contributed by atoms with Gasteiger partial charge in [-0.2, -0.15) is 5.10 Å². The van der Waals surface area contributed by atoms with Crippen LogP contribution in [-0.2, 0) is 16.0 Å². The summed E-state index contributed by atoms with van der Waals surface area (Å²) in [5, 5.41) is 6.88. The molecule has 0 unspecified atom stereocenters. The summed E-state index contributed by atoms with van der Waals surface area (Å²) in [6.45, 7) is 0.259. The highest BCUT2D eigenvalue weighted by atomic mass is 16.5. The number of hydrogen-bond donors (Lipinski definition) is 1. The Hall–Kier alpha value is -3.41. The van der Waals surface area contributed by atoms with Crippen LogP contribution in [0, 0.1) is 0 Å². The van der Waals surface area contributed by atoms with Crippen molar-refractivity contribution in [2.24, 2.45) is 0 Å². The maximum atomic E-state index is 12.0. The van der Waals surface area contributed by atoms with Crippen molar-refractivity contribution >= 4 is 11.9 Å². The molecule has 0 aliphatic carbocycles. The van der Waals surface area contributed by atoms with E-state index < -0.39 is 5.97 Å². The Balaban J connectivity index is 1.37. The summed E-state index contributed by atoms with van der Waals surface area (Å²) in [7, 11) is 0. The van der Waals surface area contributed by atoms with Crippen molar-refractivity contribution < 1.29 is 14.3 Å². The Kier molecular flexibility index (Phi) is 6.35. The zero-order valence-corrected chi connectivity index (χ0v) is 14.9. The number of aromatic nitrogens is 2. The van der Waals surface area contributed by atoms with E-state index in [1.54, 1.807) is 35.1 Å². The molecule has 1 aromatic heterocycles. The highest BCUT2D eigenvalue weighted by Crippen LogP contribution is 2.09. The van der Waals surface area contributed by atoms with Crippen LogP contribution in [0.25, 0.3) is 5.69 Å². The van der Waals surface area contributed by atoms with E-state index >= 15 is 0 Å². The van der Waals surface area contributed by atoms with Crippen LogP contribution in [0.5, 0.6) is 0 Å². The van der Waals surface area contributed by atoms with E-state index in [0.29, 0.717) is 12.1 Å². The van der Waals surface area contributed by atoms with E-state index in [0.717, 1.165) is 18.5 Å². The lowest BCUT2D eigenvalue weighted by atomic mass is 10.1. The van der Waals surface area contributed by atoms with Gasteiger partial charge < -0.3 is 10.1 Å². The number of benzene rings is 2. The summed E-state index contributed by atoms with van der Waals surface area (Å²) in [4.78, 5) is 23.8. The Morgan fingerprint density at radius 1 is 1.00 bits per heavy atom. The topological polar surface area (TPSA) is 73.2 Å². The number of aryl methyl sites for hydroxylation is 1. The molecule has 6 nitrogen and oxygen atoms in total. The Bertz CT molecular complexity index is 859. The molecule has 0 aliphatic heterocycles. The van der Waals surface area contributed by atoms with Crippen LogP contribution >= 0.6 is 0 Å². The van der Waals surface area contributed by atoms with Gasteiger partial charge in [0.15, 0.2) is 6.61 Å². The lowest BCUT2D eigenvalue weighted by Crippen LogP contribution is -2.29. The van der Waals surface area contributed by atoms with Gasteiger partial charge in [-0.15, -0.1) is 0 Å². The SMILES string of the molecule is O=C(COC(=O)c1ccc(-n2cccn2)cc1)NCCCc1ccccc1. The number of rotatable bonds is 8. The maximum absolute atomic E-state index is 12.0. The molecule has 3 aromatic rings. The van der Waals surface area contributed by atoms with Gasteiger partial charge in [0.25, 0.3) is 5.91 Å². The van der Waals surface area contributed by atoms with Crippen LogP contribution in [0.1, 0.15) is 22.3 Å². The van der Waals surface area contributed by atoms with Gasteiger partial charge in [0, 0.05) is 18.9 Å². The number of carbonyl (C=O) groups excluding carboxylic acids is 2. The minimum absolute atomic E-state index is 0.287. The summed E-state index contributed by atoms with van der Waals surface area (Å²) >= 11 is 0. The highest BCUT2D eigenvalue weighted by molar-refractivity contribution is 5.91. The van der Waals surface area contributed by atoms with E-state index in [1.807, 2.05) is 30.5 Å². The molecule has 1 amide bonds. The largest absolute Gasteiger partial charge is 0.452 e. The molecule has 6 heteroatoms. The van der Waals surface area contributed by atoms with Crippen LogP contribution in [-0.4, -0.2) is 34.8 Å². The van der Waals surface area contributed by atoms with Gasteiger partial charge >= 0.3 is 5.97 Å². The smallest absolute Gasteiger partial charge is 0.338 e. The predicted octanol–water partition coefficient (Wildman–Crippen LogP) is 2.78. The molecule has 0 aliphatic rings. The molecular weight excluding hydrogens is 342 g/mol. The molecular formula is C21H21N3O3. The fraction of sp³-hybridized carbons (Fsp3) is 0.190. The molecule has 1 N–H and O–H groups in total. The van der Waals surface area contributed by atoms with Gasteiger partial charge in [0.05, 0.1) is 11.3 Å². The van der Waals surface area contributed by atoms with Gasteiger partial charge in [-0.1, -0.05) is 30.3 Å². The van der Waals surface area contributed by atoms with E-state index in [-0.39, 0.29) is 12.5 Å². The summed E-state index contributed by atoms with van der Waals surface area (Å²) in [5.41, 5.74) is 2.47. The van der Waals surface area contributed by atoms with Crippen LogP contribution in [0.2, 0.25) is 0 Å². The average molecular weight is 363 g/mol. The summed E-state index contributed by atoms with van der Waals surface area (Å²) < 4.78 is 6.75. The Morgan fingerprint density at radius 2 is 1.78 bits per heavy atom. The average Bonchev–Trinajstić information content (AvgIpc) is 3.25. The first kappa shape index (κ1) is 18.4. The van der Waals surface area contributed by atoms with Crippen LogP contribution in [0.15, 0.2) is 73.1 Å². The van der Waals surface area contributed by atoms with Crippen LogP contribution in [0.4, 0.5) is 0 Å². The second kappa shape index (κ2) is 9.33. The standard InChI is InChI=1S/C21H21N3O3/c25-20(22-13-4-8-17-6-2-1-3-7-17)16-27-21(26)18-9-11-19(12-10-18)24-15-5-14-23-24/h1-3,5-7,9-12,14-15H,4,8,13,16H2,(H,22,25). The first-order valence-electron chi connectivity index (χ1n) is 8.80. The third-order valence-corrected chi connectivity index (χ3v) is 4.01. The number of esters is 1. The number of ether oxygens (including phenoxy) is 1. The first-order chi connectivity index (χ1) is 13.2. The fourth-order valence-electron chi connectivity index (χ4n) is 2.60. The molecule has 27 heavy (non-hydrogen) atoms. The van der Waals surface area contributed by atoms with Crippen LogP contribution in [0.3, 0.4) is 0 Å². The van der Waals surface area contributed by atoms with E-state index in [1.165, 1.54) is 5.56 Å². The Morgan fingerprint density at radius 3 is 2.48 bits per heavy atom. The molecule has 0 atom stereocenters. The predicted molar refractivity (Wildman–Crippen MR) is 102 cm³/mol. The van der Waals surface area contributed by atoms with Gasteiger partial charge in [-0.25, -0.2) is 9.48 Å². The van der Waals surface area contributed by atoms with Crippen molar-refractivity contribution in [3.05, 3.63) is 84.2 Å². The maximum Gasteiger partial charge on any atom is 0.338 e. The molecule has 0 fully saturated rings. The lowest BCUT2D eigenvalue weighted by Gasteiger charge is -2.07. The van der Waals surface area contributed by atoms with Gasteiger partial charge in [0.1, 0.15) is 0 Å². The zero-order valence-electron chi connectivity index (χ0n) is 14.9. The number of nitrogens with one attached hydrogen (secondary N) is 1. The van der Waals surface area contributed by atoms with Crippen molar-refractivity contribution in [2.75, 3.05) is 13.2 Å². The van der Waals surface area contributed by atoms with Gasteiger partial charge in [-0.3, -0.25) is 4.79 Å². The molecule has 2 aromatic carbocycles.